The van der Waals surface area contributed by atoms with Crippen molar-refractivity contribution in [3.8, 4) is 0 Å². The summed E-state index contributed by atoms with van der Waals surface area (Å²) < 4.78 is 0. The maximum absolute atomic E-state index is 11.9. The smallest absolute Gasteiger partial charge is 0.231 e. The Balaban J connectivity index is 1.95. The Labute approximate surface area is 117 Å². The number of anilines is 2. The minimum atomic E-state index is -0.0352. The van der Waals surface area contributed by atoms with Gasteiger partial charge in [-0.2, -0.15) is 0 Å². The number of carbonyl (C=O) groups excluding carboxylic acids is 1. The van der Waals surface area contributed by atoms with Gasteiger partial charge in [0.1, 0.15) is 5.01 Å². The molecule has 1 aromatic heterocycles. The Bertz CT molecular complexity index is 560. The molecule has 0 saturated heterocycles. The highest BCUT2D eigenvalue weighted by Crippen LogP contribution is 2.16. The molecule has 5 heteroatoms. The molecule has 1 aromatic carbocycles. The number of aryl methyl sites for hydroxylation is 1. The summed E-state index contributed by atoms with van der Waals surface area (Å²) in [6.07, 6.45) is 0.327. The lowest BCUT2D eigenvalue weighted by molar-refractivity contribution is -0.115. The van der Waals surface area contributed by atoms with Gasteiger partial charge in [0.25, 0.3) is 0 Å². The summed E-state index contributed by atoms with van der Waals surface area (Å²) in [5.41, 5.74) is 2.88. The summed E-state index contributed by atoms with van der Waals surface area (Å²) in [5.74, 6) is -0.0352. The van der Waals surface area contributed by atoms with E-state index in [2.05, 4.69) is 10.3 Å². The second-order valence-corrected chi connectivity index (χ2v) is 5.49. The predicted molar refractivity (Wildman–Crippen MR) is 80.0 cm³/mol. The Kier molecular flexibility index (Phi) is 4.16. The van der Waals surface area contributed by atoms with Gasteiger partial charge < -0.3 is 10.2 Å². The number of nitrogens with zero attached hydrogens (tertiary/aromatic N) is 2. The highest BCUT2D eigenvalue weighted by molar-refractivity contribution is 7.09. The van der Waals surface area contributed by atoms with Gasteiger partial charge in [-0.15, -0.1) is 11.3 Å². The average molecular weight is 275 g/mol. The number of hydrogen-bond donors (Lipinski definition) is 1. The van der Waals surface area contributed by atoms with E-state index in [0.29, 0.717) is 6.42 Å². The van der Waals surface area contributed by atoms with E-state index >= 15 is 0 Å². The van der Waals surface area contributed by atoms with Crippen molar-refractivity contribution < 1.29 is 4.79 Å². The van der Waals surface area contributed by atoms with Gasteiger partial charge in [-0.1, -0.05) is 0 Å². The van der Waals surface area contributed by atoms with Crippen molar-refractivity contribution in [2.45, 2.75) is 13.3 Å². The van der Waals surface area contributed by atoms with Crippen molar-refractivity contribution in [2.75, 3.05) is 24.3 Å². The van der Waals surface area contributed by atoms with Crippen LogP contribution in [-0.4, -0.2) is 25.0 Å². The lowest BCUT2D eigenvalue weighted by Gasteiger charge is -2.12. The van der Waals surface area contributed by atoms with E-state index in [0.717, 1.165) is 22.1 Å². The van der Waals surface area contributed by atoms with Gasteiger partial charge in [0, 0.05) is 36.5 Å². The number of benzene rings is 1. The number of carbonyl (C=O) groups is 1. The van der Waals surface area contributed by atoms with Crippen LogP contribution in [-0.2, 0) is 11.2 Å². The molecule has 0 aliphatic carbocycles. The SMILES string of the molecule is Cc1csc(CC(=O)Nc2ccc(N(C)C)cc2)n1. The molecule has 0 atom stereocenters. The fourth-order valence-electron chi connectivity index (χ4n) is 1.67. The van der Waals surface area contributed by atoms with Crippen LogP contribution in [0.25, 0.3) is 0 Å². The number of aromatic nitrogens is 1. The maximum atomic E-state index is 11.9. The van der Waals surface area contributed by atoms with E-state index in [1.54, 1.807) is 0 Å². The van der Waals surface area contributed by atoms with E-state index in [9.17, 15) is 4.79 Å². The molecular weight excluding hydrogens is 258 g/mol. The molecule has 2 aromatic rings. The molecule has 0 saturated carbocycles. The zero-order valence-corrected chi connectivity index (χ0v) is 12.1. The number of amides is 1. The minimum absolute atomic E-state index is 0.0352. The number of hydrogen-bond acceptors (Lipinski definition) is 4. The normalized spacial score (nSPS) is 10.3. The first-order valence-electron chi connectivity index (χ1n) is 6.03. The first kappa shape index (κ1) is 13.5. The van der Waals surface area contributed by atoms with Crippen molar-refractivity contribution in [1.82, 2.24) is 4.98 Å². The van der Waals surface area contributed by atoms with Gasteiger partial charge in [-0.05, 0) is 31.2 Å². The first-order chi connectivity index (χ1) is 9.04. The molecule has 0 fully saturated rings. The van der Waals surface area contributed by atoms with Crippen molar-refractivity contribution in [3.05, 3.63) is 40.3 Å². The molecule has 19 heavy (non-hydrogen) atoms. The Morgan fingerprint density at radius 1 is 1.32 bits per heavy atom. The standard InChI is InChI=1S/C14H17N3OS/c1-10-9-19-14(15-10)8-13(18)16-11-4-6-12(7-5-11)17(2)3/h4-7,9H,8H2,1-3H3,(H,16,18). The van der Waals surface area contributed by atoms with E-state index in [-0.39, 0.29) is 5.91 Å². The van der Waals surface area contributed by atoms with Crippen molar-refractivity contribution in [1.29, 1.82) is 0 Å². The molecule has 0 unspecified atom stereocenters. The van der Waals surface area contributed by atoms with Gasteiger partial charge in [0.2, 0.25) is 5.91 Å². The number of thiazole rings is 1. The molecule has 0 radical (unpaired) electrons. The molecule has 2 rings (SSSR count). The third-order valence-corrected chi connectivity index (χ3v) is 3.61. The maximum Gasteiger partial charge on any atom is 0.231 e. The zero-order valence-electron chi connectivity index (χ0n) is 11.3. The van der Waals surface area contributed by atoms with Crippen LogP contribution in [0.5, 0.6) is 0 Å². The highest BCUT2D eigenvalue weighted by Gasteiger charge is 2.07. The minimum Gasteiger partial charge on any atom is -0.378 e. The highest BCUT2D eigenvalue weighted by atomic mass is 32.1. The molecule has 0 bridgehead atoms. The van der Waals surface area contributed by atoms with Crippen molar-refractivity contribution in [3.63, 3.8) is 0 Å². The van der Waals surface area contributed by atoms with E-state index < -0.39 is 0 Å². The van der Waals surface area contributed by atoms with E-state index in [1.807, 2.05) is 55.6 Å². The van der Waals surface area contributed by atoms with Crippen LogP contribution in [0, 0.1) is 6.92 Å². The second kappa shape index (κ2) is 5.84. The summed E-state index contributed by atoms with van der Waals surface area (Å²) in [4.78, 5) is 18.2. The predicted octanol–water partition coefficient (Wildman–Crippen LogP) is 2.70. The van der Waals surface area contributed by atoms with Crippen LogP contribution in [0.2, 0.25) is 0 Å². The third-order valence-electron chi connectivity index (χ3n) is 2.65. The lowest BCUT2D eigenvalue weighted by Crippen LogP contribution is -2.14. The number of nitrogens with one attached hydrogen (secondary N) is 1. The molecule has 1 amide bonds. The molecule has 0 aliphatic rings. The largest absolute Gasteiger partial charge is 0.378 e. The monoisotopic (exact) mass is 275 g/mol. The summed E-state index contributed by atoms with van der Waals surface area (Å²) in [6.45, 7) is 1.93. The molecule has 1 N–H and O–H groups in total. The first-order valence-corrected chi connectivity index (χ1v) is 6.91. The molecule has 1 heterocycles. The van der Waals surface area contributed by atoms with Crippen LogP contribution in [0.1, 0.15) is 10.7 Å². The number of rotatable bonds is 4. The quantitative estimate of drug-likeness (QED) is 0.933. The summed E-state index contributed by atoms with van der Waals surface area (Å²) in [6, 6.07) is 7.76. The summed E-state index contributed by atoms with van der Waals surface area (Å²) in [7, 11) is 3.97. The van der Waals surface area contributed by atoms with Crippen LogP contribution in [0.15, 0.2) is 29.6 Å². The Morgan fingerprint density at radius 2 is 2.00 bits per heavy atom. The summed E-state index contributed by atoms with van der Waals surface area (Å²) in [5, 5.41) is 5.68. The molecule has 4 nitrogen and oxygen atoms in total. The van der Waals surface area contributed by atoms with Gasteiger partial charge in [0.15, 0.2) is 0 Å². The van der Waals surface area contributed by atoms with Crippen molar-refractivity contribution >= 4 is 28.6 Å². The van der Waals surface area contributed by atoms with Crippen LogP contribution in [0.4, 0.5) is 11.4 Å². The molecular formula is C14H17N3OS. The molecule has 0 aliphatic heterocycles. The molecule has 100 valence electrons. The van der Waals surface area contributed by atoms with Crippen molar-refractivity contribution in [2.24, 2.45) is 0 Å². The third kappa shape index (κ3) is 3.79. The van der Waals surface area contributed by atoms with Gasteiger partial charge in [-0.3, -0.25) is 4.79 Å². The van der Waals surface area contributed by atoms with Gasteiger partial charge >= 0.3 is 0 Å². The van der Waals surface area contributed by atoms with Crippen LogP contribution in [0.3, 0.4) is 0 Å². The van der Waals surface area contributed by atoms with E-state index in [4.69, 9.17) is 0 Å². The Morgan fingerprint density at radius 3 is 2.53 bits per heavy atom. The molecule has 0 spiro atoms. The topological polar surface area (TPSA) is 45.2 Å². The summed E-state index contributed by atoms with van der Waals surface area (Å²) >= 11 is 1.52. The zero-order chi connectivity index (χ0) is 13.8. The van der Waals surface area contributed by atoms with Gasteiger partial charge in [0.05, 0.1) is 6.42 Å². The average Bonchev–Trinajstić information content (AvgIpc) is 2.75. The fourth-order valence-corrected chi connectivity index (χ4v) is 2.44. The van der Waals surface area contributed by atoms with Gasteiger partial charge in [-0.25, -0.2) is 4.98 Å². The lowest BCUT2D eigenvalue weighted by atomic mass is 10.2. The Hall–Kier alpha value is -1.88. The second-order valence-electron chi connectivity index (χ2n) is 4.55. The van der Waals surface area contributed by atoms with Crippen LogP contribution >= 0.6 is 11.3 Å². The van der Waals surface area contributed by atoms with Crippen LogP contribution < -0.4 is 10.2 Å². The van der Waals surface area contributed by atoms with E-state index in [1.165, 1.54) is 11.3 Å². The fraction of sp³-hybridized carbons (Fsp3) is 0.286.